The van der Waals surface area contributed by atoms with Gasteiger partial charge >= 0.3 is 6.18 Å². The number of nitrogens with zero attached hydrogens (tertiary/aromatic N) is 1. The van der Waals surface area contributed by atoms with E-state index in [0.717, 1.165) is 0 Å². The molecule has 134 valence electrons. The maximum Gasteiger partial charge on any atom is 0.408 e. The summed E-state index contributed by atoms with van der Waals surface area (Å²) in [5.74, 6) is 0.593. The Balaban J connectivity index is 0.00000242. The van der Waals surface area contributed by atoms with E-state index in [-0.39, 0.29) is 36.5 Å². The molecule has 1 saturated heterocycles. The van der Waals surface area contributed by atoms with Crippen molar-refractivity contribution in [3.05, 3.63) is 29.8 Å². The van der Waals surface area contributed by atoms with Crippen LogP contribution in [-0.2, 0) is 0 Å². The van der Waals surface area contributed by atoms with Crippen molar-refractivity contribution < 1.29 is 17.9 Å². The van der Waals surface area contributed by atoms with Crippen molar-refractivity contribution in [3.63, 3.8) is 0 Å². The van der Waals surface area contributed by atoms with Gasteiger partial charge < -0.3 is 10.1 Å². The zero-order chi connectivity index (χ0) is 15.5. The monoisotopic (exact) mass is 374 g/mol. The van der Waals surface area contributed by atoms with Gasteiger partial charge in [-0.2, -0.15) is 13.2 Å². The van der Waals surface area contributed by atoms with Crippen LogP contribution in [0.3, 0.4) is 0 Å². The van der Waals surface area contributed by atoms with Gasteiger partial charge in [-0.15, -0.1) is 24.8 Å². The first-order valence-corrected chi connectivity index (χ1v) is 7.16. The number of hydrogen-bond donors (Lipinski definition) is 1. The van der Waals surface area contributed by atoms with Gasteiger partial charge in [0, 0.05) is 26.2 Å². The molecule has 1 aromatic rings. The number of nitrogens with one attached hydrogen (secondary N) is 1. The Bertz CT molecular complexity index is 449. The van der Waals surface area contributed by atoms with Crippen molar-refractivity contribution in [2.75, 3.05) is 26.2 Å². The summed E-state index contributed by atoms with van der Waals surface area (Å²) in [4.78, 5) is 1.48. The van der Waals surface area contributed by atoms with E-state index in [1.807, 2.05) is 13.8 Å². The summed E-state index contributed by atoms with van der Waals surface area (Å²) in [6.45, 7) is 5.73. The quantitative estimate of drug-likeness (QED) is 0.866. The number of alkyl halides is 3. The average molecular weight is 375 g/mol. The zero-order valence-corrected chi connectivity index (χ0v) is 14.7. The van der Waals surface area contributed by atoms with E-state index in [4.69, 9.17) is 4.74 Å². The number of ether oxygens (including phenoxy) is 1. The summed E-state index contributed by atoms with van der Waals surface area (Å²) in [6.07, 6.45) is -4.28. The Kier molecular flexibility index (Phi) is 9.28. The van der Waals surface area contributed by atoms with Gasteiger partial charge in [0.05, 0.1) is 6.10 Å². The minimum atomic E-state index is -4.28. The van der Waals surface area contributed by atoms with Crippen molar-refractivity contribution in [3.8, 4) is 5.75 Å². The van der Waals surface area contributed by atoms with Crippen molar-refractivity contribution in [2.45, 2.75) is 32.2 Å². The fraction of sp³-hybridized carbons (Fsp3) is 0.600. The standard InChI is InChI=1S/C15H21F3N2O.2ClH/c1-11(2)21-13-5-3-12(4-6-13)14(15(16,17)18)20-9-7-19-8-10-20;;/h3-6,11,14,19H,7-10H2,1-2H3;2*1H/t14-;;/m0../s1. The number of halogens is 5. The molecule has 1 fully saturated rings. The third-order valence-corrected chi connectivity index (χ3v) is 3.39. The molecule has 0 saturated carbocycles. The number of hydrogen-bond acceptors (Lipinski definition) is 3. The largest absolute Gasteiger partial charge is 0.491 e. The zero-order valence-electron chi connectivity index (χ0n) is 13.1. The SMILES string of the molecule is CC(C)Oc1ccc([C@H](N2CCNCC2)C(F)(F)F)cc1.Cl.Cl. The van der Waals surface area contributed by atoms with Crippen LogP contribution in [0.1, 0.15) is 25.5 Å². The smallest absolute Gasteiger partial charge is 0.408 e. The topological polar surface area (TPSA) is 24.5 Å². The lowest BCUT2D eigenvalue weighted by Crippen LogP contribution is -2.49. The predicted molar refractivity (Wildman–Crippen MR) is 89.9 cm³/mol. The van der Waals surface area contributed by atoms with Crippen LogP contribution in [0.25, 0.3) is 0 Å². The van der Waals surface area contributed by atoms with Gasteiger partial charge in [0.2, 0.25) is 0 Å². The minimum Gasteiger partial charge on any atom is -0.491 e. The highest BCUT2D eigenvalue weighted by molar-refractivity contribution is 5.85. The number of rotatable bonds is 4. The maximum atomic E-state index is 13.4. The summed E-state index contributed by atoms with van der Waals surface area (Å²) in [6, 6.07) is 4.69. The van der Waals surface area contributed by atoms with Crippen LogP contribution in [-0.4, -0.2) is 43.4 Å². The summed E-state index contributed by atoms with van der Waals surface area (Å²) in [7, 11) is 0. The van der Waals surface area contributed by atoms with Crippen LogP contribution >= 0.6 is 24.8 Å². The van der Waals surface area contributed by atoms with Gasteiger partial charge in [-0.05, 0) is 31.5 Å². The van der Waals surface area contributed by atoms with Crippen molar-refractivity contribution in [2.24, 2.45) is 0 Å². The molecule has 0 amide bonds. The van der Waals surface area contributed by atoms with Crippen molar-refractivity contribution >= 4 is 24.8 Å². The summed E-state index contributed by atoms with van der Waals surface area (Å²) in [5, 5.41) is 3.07. The molecule has 0 spiro atoms. The molecule has 1 aliphatic heterocycles. The Labute approximate surface area is 147 Å². The third kappa shape index (κ3) is 6.37. The Morgan fingerprint density at radius 3 is 2.00 bits per heavy atom. The van der Waals surface area contributed by atoms with Crippen molar-refractivity contribution in [1.29, 1.82) is 0 Å². The van der Waals surface area contributed by atoms with Gasteiger partial charge in [-0.25, -0.2) is 0 Å². The van der Waals surface area contributed by atoms with Gasteiger partial charge in [0.25, 0.3) is 0 Å². The fourth-order valence-corrected chi connectivity index (χ4v) is 2.55. The lowest BCUT2D eigenvalue weighted by Gasteiger charge is -2.36. The lowest BCUT2D eigenvalue weighted by atomic mass is 10.0. The van der Waals surface area contributed by atoms with E-state index < -0.39 is 12.2 Å². The van der Waals surface area contributed by atoms with Gasteiger partial charge in [0.1, 0.15) is 11.8 Å². The second kappa shape index (κ2) is 9.57. The van der Waals surface area contributed by atoms with Gasteiger partial charge in [-0.3, -0.25) is 4.90 Å². The lowest BCUT2D eigenvalue weighted by molar-refractivity contribution is -0.187. The number of piperazine rings is 1. The molecule has 1 aromatic carbocycles. The van der Waals surface area contributed by atoms with Crippen LogP contribution in [0.5, 0.6) is 5.75 Å². The van der Waals surface area contributed by atoms with Crippen LogP contribution in [0.4, 0.5) is 13.2 Å². The Morgan fingerprint density at radius 1 is 1.04 bits per heavy atom. The predicted octanol–water partition coefficient (Wildman–Crippen LogP) is 3.83. The molecular formula is C15H23Cl2F3N2O. The van der Waals surface area contributed by atoms with E-state index in [1.165, 1.54) is 17.0 Å². The molecule has 1 atom stereocenters. The van der Waals surface area contributed by atoms with E-state index in [1.54, 1.807) is 12.1 Å². The van der Waals surface area contributed by atoms with E-state index in [9.17, 15) is 13.2 Å². The molecule has 0 unspecified atom stereocenters. The molecule has 0 radical (unpaired) electrons. The normalized spacial score (nSPS) is 17.1. The van der Waals surface area contributed by atoms with E-state index in [0.29, 0.717) is 31.9 Å². The Morgan fingerprint density at radius 2 is 1.57 bits per heavy atom. The molecule has 0 bridgehead atoms. The first-order valence-electron chi connectivity index (χ1n) is 7.16. The summed E-state index contributed by atoms with van der Waals surface area (Å²) >= 11 is 0. The summed E-state index contributed by atoms with van der Waals surface area (Å²) < 4.78 is 45.7. The molecule has 1 N–H and O–H groups in total. The molecule has 23 heavy (non-hydrogen) atoms. The highest BCUT2D eigenvalue weighted by Crippen LogP contribution is 2.38. The highest BCUT2D eigenvalue weighted by Gasteiger charge is 2.44. The van der Waals surface area contributed by atoms with E-state index in [2.05, 4.69) is 5.32 Å². The first kappa shape index (κ1) is 22.3. The van der Waals surface area contributed by atoms with E-state index >= 15 is 0 Å². The van der Waals surface area contributed by atoms with Crippen LogP contribution < -0.4 is 10.1 Å². The molecule has 0 aromatic heterocycles. The molecule has 1 heterocycles. The van der Waals surface area contributed by atoms with Gasteiger partial charge in [0.15, 0.2) is 0 Å². The second-order valence-corrected chi connectivity index (χ2v) is 5.47. The fourth-order valence-electron chi connectivity index (χ4n) is 2.55. The van der Waals surface area contributed by atoms with Gasteiger partial charge in [-0.1, -0.05) is 12.1 Å². The first-order chi connectivity index (χ1) is 9.88. The van der Waals surface area contributed by atoms with Crippen LogP contribution in [0, 0.1) is 0 Å². The second-order valence-electron chi connectivity index (χ2n) is 5.47. The number of benzene rings is 1. The highest BCUT2D eigenvalue weighted by atomic mass is 35.5. The molecular weight excluding hydrogens is 352 g/mol. The minimum absolute atomic E-state index is 0. The molecule has 0 aliphatic carbocycles. The average Bonchev–Trinajstić information content (AvgIpc) is 2.40. The third-order valence-electron chi connectivity index (χ3n) is 3.39. The van der Waals surface area contributed by atoms with Crippen LogP contribution in [0.2, 0.25) is 0 Å². The molecule has 8 heteroatoms. The van der Waals surface area contributed by atoms with Crippen molar-refractivity contribution in [1.82, 2.24) is 10.2 Å². The maximum absolute atomic E-state index is 13.4. The molecule has 1 aliphatic rings. The van der Waals surface area contributed by atoms with Crippen LogP contribution in [0.15, 0.2) is 24.3 Å². The Hall–Kier alpha value is -0.690. The summed E-state index contributed by atoms with van der Waals surface area (Å²) in [5.41, 5.74) is 0.264. The molecule has 3 nitrogen and oxygen atoms in total. The molecule has 2 rings (SSSR count).